The number of hydrogen-bond donors (Lipinski definition) is 1. The highest BCUT2D eigenvalue weighted by molar-refractivity contribution is 9.10. The second-order valence-electron chi connectivity index (χ2n) is 4.78. The van der Waals surface area contributed by atoms with Gasteiger partial charge in [-0.05, 0) is 52.2 Å². The Balaban J connectivity index is 1.94. The second-order valence-corrected chi connectivity index (χ2v) is 5.63. The predicted molar refractivity (Wildman–Crippen MR) is 89.8 cm³/mol. The van der Waals surface area contributed by atoms with Gasteiger partial charge >= 0.3 is 0 Å². The second kappa shape index (κ2) is 7.73. The average molecular weight is 379 g/mol. The van der Waals surface area contributed by atoms with Crippen molar-refractivity contribution in [1.29, 1.82) is 0 Å². The lowest BCUT2D eigenvalue weighted by Crippen LogP contribution is -2.25. The van der Waals surface area contributed by atoms with Crippen molar-refractivity contribution in [2.24, 2.45) is 0 Å². The van der Waals surface area contributed by atoms with Crippen molar-refractivity contribution in [3.63, 3.8) is 0 Å². The zero-order valence-corrected chi connectivity index (χ0v) is 14.0. The van der Waals surface area contributed by atoms with Gasteiger partial charge in [0.1, 0.15) is 5.75 Å². The standard InChI is InChI=1S/C16H15BrN2O4/c1-23-13-5-2-11(3-6-13)8-9-18-16(20)12-4-7-14(17)15(10-12)19(21)22/h2-7,10H,8-9H2,1H3,(H,18,20). The van der Waals surface area contributed by atoms with Crippen LogP contribution in [0.25, 0.3) is 0 Å². The Labute approximate surface area is 141 Å². The smallest absolute Gasteiger partial charge is 0.284 e. The van der Waals surface area contributed by atoms with Gasteiger partial charge < -0.3 is 10.1 Å². The number of benzene rings is 2. The van der Waals surface area contributed by atoms with Crippen molar-refractivity contribution in [2.75, 3.05) is 13.7 Å². The maximum atomic E-state index is 12.1. The van der Waals surface area contributed by atoms with Crippen molar-refractivity contribution in [1.82, 2.24) is 5.32 Å². The van der Waals surface area contributed by atoms with Gasteiger partial charge in [-0.25, -0.2) is 0 Å². The number of hydrogen-bond acceptors (Lipinski definition) is 4. The van der Waals surface area contributed by atoms with Crippen LogP contribution in [0.4, 0.5) is 5.69 Å². The average Bonchev–Trinajstić information content (AvgIpc) is 2.55. The van der Waals surface area contributed by atoms with E-state index in [9.17, 15) is 14.9 Å². The van der Waals surface area contributed by atoms with E-state index >= 15 is 0 Å². The van der Waals surface area contributed by atoms with E-state index in [1.165, 1.54) is 12.1 Å². The summed E-state index contributed by atoms with van der Waals surface area (Å²) in [6.07, 6.45) is 0.661. The number of halogens is 1. The van der Waals surface area contributed by atoms with E-state index in [1.54, 1.807) is 13.2 Å². The number of nitrogens with one attached hydrogen (secondary N) is 1. The lowest BCUT2D eigenvalue weighted by atomic mass is 10.1. The molecule has 120 valence electrons. The normalized spacial score (nSPS) is 10.2. The molecule has 0 aliphatic heterocycles. The minimum absolute atomic E-state index is 0.132. The fraction of sp³-hybridized carbons (Fsp3) is 0.188. The molecule has 0 radical (unpaired) electrons. The van der Waals surface area contributed by atoms with E-state index in [2.05, 4.69) is 21.2 Å². The lowest BCUT2D eigenvalue weighted by molar-refractivity contribution is -0.385. The van der Waals surface area contributed by atoms with Gasteiger partial charge in [-0.1, -0.05) is 12.1 Å². The maximum absolute atomic E-state index is 12.1. The monoisotopic (exact) mass is 378 g/mol. The van der Waals surface area contributed by atoms with Gasteiger partial charge in [0.25, 0.3) is 11.6 Å². The third-order valence-corrected chi connectivity index (χ3v) is 3.93. The van der Waals surface area contributed by atoms with E-state index in [0.29, 0.717) is 17.4 Å². The Bertz CT molecular complexity index is 717. The molecule has 23 heavy (non-hydrogen) atoms. The van der Waals surface area contributed by atoms with Gasteiger partial charge in [0.2, 0.25) is 0 Å². The summed E-state index contributed by atoms with van der Waals surface area (Å²) in [6.45, 7) is 0.440. The Kier molecular flexibility index (Phi) is 5.70. The molecular formula is C16H15BrN2O4. The molecule has 7 heteroatoms. The fourth-order valence-electron chi connectivity index (χ4n) is 2.01. The van der Waals surface area contributed by atoms with Crippen LogP contribution in [-0.2, 0) is 6.42 Å². The van der Waals surface area contributed by atoms with Crippen LogP contribution in [0.5, 0.6) is 5.75 Å². The Morgan fingerprint density at radius 1 is 1.26 bits per heavy atom. The first-order valence-electron chi connectivity index (χ1n) is 6.86. The van der Waals surface area contributed by atoms with Crippen LogP contribution in [0.1, 0.15) is 15.9 Å². The zero-order chi connectivity index (χ0) is 16.8. The molecule has 0 atom stereocenters. The summed E-state index contributed by atoms with van der Waals surface area (Å²) >= 11 is 3.09. The number of carbonyl (C=O) groups is 1. The molecule has 2 rings (SSSR count). The SMILES string of the molecule is COc1ccc(CCNC(=O)c2ccc(Br)c([N+](=O)[O-])c2)cc1. The summed E-state index contributed by atoms with van der Waals surface area (Å²) in [4.78, 5) is 22.4. The van der Waals surface area contributed by atoms with E-state index in [0.717, 1.165) is 11.3 Å². The van der Waals surface area contributed by atoms with Gasteiger partial charge in [-0.3, -0.25) is 14.9 Å². The van der Waals surface area contributed by atoms with Gasteiger partial charge in [0.05, 0.1) is 16.5 Å². The third kappa shape index (κ3) is 4.53. The molecule has 0 spiro atoms. The summed E-state index contributed by atoms with van der Waals surface area (Å²) < 4.78 is 5.43. The molecule has 1 N–H and O–H groups in total. The van der Waals surface area contributed by atoms with Crippen molar-refractivity contribution in [2.45, 2.75) is 6.42 Å². The molecule has 6 nitrogen and oxygen atoms in total. The van der Waals surface area contributed by atoms with Gasteiger partial charge in [0, 0.05) is 18.2 Å². The number of carbonyl (C=O) groups excluding carboxylic acids is 1. The first kappa shape index (κ1) is 17.0. The van der Waals surface area contributed by atoms with Crippen molar-refractivity contribution in [3.8, 4) is 5.75 Å². The molecule has 0 aromatic heterocycles. The summed E-state index contributed by atoms with van der Waals surface area (Å²) in [5, 5.41) is 13.6. The van der Waals surface area contributed by atoms with Crippen LogP contribution >= 0.6 is 15.9 Å². The molecule has 0 aliphatic rings. The molecule has 0 saturated carbocycles. The molecule has 0 heterocycles. The topological polar surface area (TPSA) is 81.5 Å². The number of nitrogens with zero attached hydrogens (tertiary/aromatic N) is 1. The maximum Gasteiger partial charge on any atom is 0.284 e. The Hall–Kier alpha value is -2.41. The van der Waals surface area contributed by atoms with Crippen LogP contribution in [0.3, 0.4) is 0 Å². The largest absolute Gasteiger partial charge is 0.497 e. The third-order valence-electron chi connectivity index (χ3n) is 3.26. The van der Waals surface area contributed by atoms with Crippen LogP contribution in [0, 0.1) is 10.1 Å². The van der Waals surface area contributed by atoms with Crippen molar-refractivity contribution >= 4 is 27.5 Å². The van der Waals surface area contributed by atoms with E-state index < -0.39 is 4.92 Å². The number of methoxy groups -OCH3 is 1. The minimum Gasteiger partial charge on any atom is -0.497 e. The Morgan fingerprint density at radius 3 is 2.57 bits per heavy atom. The van der Waals surface area contributed by atoms with Crippen LogP contribution in [0.15, 0.2) is 46.9 Å². The van der Waals surface area contributed by atoms with E-state index in [1.807, 2.05) is 24.3 Å². The fourth-order valence-corrected chi connectivity index (χ4v) is 2.40. The van der Waals surface area contributed by atoms with Gasteiger partial charge in [-0.15, -0.1) is 0 Å². The highest BCUT2D eigenvalue weighted by Gasteiger charge is 2.15. The first-order valence-corrected chi connectivity index (χ1v) is 7.65. The number of rotatable bonds is 6. The number of amides is 1. The quantitative estimate of drug-likeness (QED) is 0.617. The van der Waals surface area contributed by atoms with Crippen molar-refractivity contribution < 1.29 is 14.5 Å². The van der Waals surface area contributed by atoms with Gasteiger partial charge in [0.15, 0.2) is 0 Å². The molecule has 1 amide bonds. The molecule has 0 unspecified atom stereocenters. The van der Waals surface area contributed by atoms with E-state index in [-0.39, 0.29) is 17.2 Å². The molecule has 2 aromatic carbocycles. The number of ether oxygens (including phenoxy) is 1. The molecule has 2 aromatic rings. The highest BCUT2D eigenvalue weighted by atomic mass is 79.9. The van der Waals surface area contributed by atoms with Crippen LogP contribution < -0.4 is 10.1 Å². The lowest BCUT2D eigenvalue weighted by Gasteiger charge is -2.07. The summed E-state index contributed by atoms with van der Waals surface area (Å²) in [7, 11) is 1.60. The van der Waals surface area contributed by atoms with Crippen LogP contribution in [0.2, 0.25) is 0 Å². The molecule has 0 bridgehead atoms. The first-order chi connectivity index (χ1) is 11.0. The molecule has 0 aliphatic carbocycles. The zero-order valence-electron chi connectivity index (χ0n) is 12.4. The summed E-state index contributed by atoms with van der Waals surface area (Å²) in [6, 6.07) is 11.9. The van der Waals surface area contributed by atoms with E-state index in [4.69, 9.17) is 4.74 Å². The van der Waals surface area contributed by atoms with Crippen molar-refractivity contribution in [3.05, 3.63) is 68.2 Å². The highest BCUT2D eigenvalue weighted by Crippen LogP contribution is 2.25. The van der Waals surface area contributed by atoms with Crippen LogP contribution in [-0.4, -0.2) is 24.5 Å². The molecular weight excluding hydrogens is 364 g/mol. The number of nitro benzene ring substituents is 1. The minimum atomic E-state index is -0.530. The van der Waals surface area contributed by atoms with Gasteiger partial charge in [-0.2, -0.15) is 0 Å². The predicted octanol–water partition coefficient (Wildman–Crippen LogP) is 3.34. The molecule has 0 fully saturated rings. The Morgan fingerprint density at radius 2 is 1.96 bits per heavy atom. The summed E-state index contributed by atoms with van der Waals surface area (Å²) in [5.74, 6) is 0.439. The molecule has 0 saturated heterocycles. The summed E-state index contributed by atoms with van der Waals surface area (Å²) in [5.41, 5.74) is 1.19. The number of nitro groups is 1.